The molecule has 0 amide bonds. The van der Waals surface area contributed by atoms with Crippen molar-refractivity contribution in [2.75, 3.05) is 13.2 Å². The summed E-state index contributed by atoms with van der Waals surface area (Å²) in [6, 6.07) is 10.1. The number of nitriles is 1. The van der Waals surface area contributed by atoms with Gasteiger partial charge in [-0.3, -0.25) is 5.01 Å². The predicted molar refractivity (Wildman–Crippen MR) is 107 cm³/mol. The molecule has 0 aliphatic carbocycles. The molecule has 1 aromatic carbocycles. The topological polar surface area (TPSA) is 114 Å². The number of rotatable bonds is 4. The van der Waals surface area contributed by atoms with Gasteiger partial charge < -0.3 is 15.2 Å². The summed E-state index contributed by atoms with van der Waals surface area (Å²) in [5.41, 5.74) is 13.0. The van der Waals surface area contributed by atoms with Crippen LogP contribution in [0.5, 0.6) is 0 Å². The first-order valence-electron chi connectivity index (χ1n) is 10.1. The van der Waals surface area contributed by atoms with Crippen LogP contribution in [0.4, 0.5) is 0 Å². The average Bonchev–Trinajstić information content (AvgIpc) is 3.53. The van der Waals surface area contributed by atoms with Gasteiger partial charge in [-0.2, -0.15) is 10.4 Å². The number of hydrazine groups is 1. The Hall–Kier alpha value is -3.35. The third-order valence-electron chi connectivity index (χ3n) is 5.88. The predicted octanol–water partition coefficient (Wildman–Crippen LogP) is 1.67. The Kier molecular flexibility index (Phi) is 4.65. The summed E-state index contributed by atoms with van der Waals surface area (Å²) in [6.07, 6.45) is 5.17. The van der Waals surface area contributed by atoms with Crippen LogP contribution < -0.4 is 11.2 Å². The normalized spacial score (nSPS) is 26.0. The van der Waals surface area contributed by atoms with Crippen LogP contribution in [0.15, 0.2) is 59.8 Å². The number of nitrogens with two attached hydrogens (primary N) is 1. The summed E-state index contributed by atoms with van der Waals surface area (Å²) >= 11 is 0. The van der Waals surface area contributed by atoms with Crippen LogP contribution in [0.25, 0.3) is 5.69 Å². The largest absolute Gasteiger partial charge is 0.423 e. The van der Waals surface area contributed by atoms with E-state index in [1.807, 2.05) is 36.2 Å². The highest BCUT2D eigenvalue weighted by Crippen LogP contribution is 2.45. The van der Waals surface area contributed by atoms with E-state index in [1.165, 1.54) is 6.33 Å². The van der Waals surface area contributed by atoms with Crippen molar-refractivity contribution < 1.29 is 9.47 Å². The molecule has 154 valence electrons. The molecule has 0 saturated carbocycles. The second-order valence-corrected chi connectivity index (χ2v) is 7.52. The van der Waals surface area contributed by atoms with E-state index in [4.69, 9.17) is 15.2 Å². The molecule has 3 N–H and O–H groups in total. The van der Waals surface area contributed by atoms with Gasteiger partial charge in [-0.25, -0.2) is 15.1 Å². The monoisotopic (exact) mass is 405 g/mol. The van der Waals surface area contributed by atoms with Crippen LogP contribution in [0.1, 0.15) is 31.2 Å². The molecule has 5 rings (SSSR count). The maximum atomic E-state index is 9.91. The fourth-order valence-corrected chi connectivity index (χ4v) is 4.47. The Morgan fingerprint density at radius 2 is 2.17 bits per heavy atom. The zero-order valence-electron chi connectivity index (χ0n) is 16.7. The minimum Gasteiger partial charge on any atom is -0.423 e. The zero-order valence-corrected chi connectivity index (χ0v) is 16.7. The maximum Gasteiger partial charge on any atom is 0.214 e. The molecule has 3 unspecified atom stereocenters. The SMILES string of the molecule is CCN1NC(C2CCCO2)C2=C1OC(N)=C(C#N)C2c1ccc(-n2cncn2)cc1. The molecule has 9 nitrogen and oxygen atoms in total. The Morgan fingerprint density at radius 1 is 1.33 bits per heavy atom. The van der Waals surface area contributed by atoms with E-state index in [-0.39, 0.29) is 23.9 Å². The Bertz CT molecular complexity index is 1030. The molecule has 0 spiro atoms. The van der Waals surface area contributed by atoms with E-state index >= 15 is 0 Å². The van der Waals surface area contributed by atoms with Gasteiger partial charge in [0, 0.05) is 18.7 Å². The molecule has 4 heterocycles. The fraction of sp³-hybridized carbons (Fsp3) is 0.381. The molecule has 3 aliphatic rings. The van der Waals surface area contributed by atoms with Crippen molar-refractivity contribution in [2.24, 2.45) is 5.73 Å². The van der Waals surface area contributed by atoms with Gasteiger partial charge in [-0.15, -0.1) is 0 Å². The molecule has 0 radical (unpaired) electrons. The zero-order chi connectivity index (χ0) is 20.7. The highest BCUT2D eigenvalue weighted by atomic mass is 16.5. The summed E-state index contributed by atoms with van der Waals surface area (Å²) in [6.45, 7) is 3.49. The van der Waals surface area contributed by atoms with Crippen LogP contribution in [0, 0.1) is 11.3 Å². The van der Waals surface area contributed by atoms with Crippen molar-refractivity contribution in [1.82, 2.24) is 25.2 Å². The summed E-state index contributed by atoms with van der Waals surface area (Å²) in [5.74, 6) is 0.525. The minimum atomic E-state index is -0.304. The number of nitrogens with zero attached hydrogens (tertiary/aromatic N) is 5. The van der Waals surface area contributed by atoms with E-state index in [0.29, 0.717) is 18.0 Å². The Labute approximate surface area is 174 Å². The van der Waals surface area contributed by atoms with Gasteiger partial charge in [0.05, 0.1) is 23.8 Å². The maximum absolute atomic E-state index is 9.91. The van der Waals surface area contributed by atoms with Gasteiger partial charge >= 0.3 is 0 Å². The van der Waals surface area contributed by atoms with Gasteiger partial charge in [-0.05, 0) is 37.5 Å². The summed E-state index contributed by atoms with van der Waals surface area (Å²) < 4.78 is 13.6. The van der Waals surface area contributed by atoms with Crippen molar-refractivity contribution in [2.45, 2.75) is 37.8 Å². The number of aromatic nitrogens is 3. The second-order valence-electron chi connectivity index (χ2n) is 7.52. The molecule has 0 bridgehead atoms. The van der Waals surface area contributed by atoms with Crippen LogP contribution in [-0.2, 0) is 9.47 Å². The highest BCUT2D eigenvalue weighted by Gasteiger charge is 2.47. The molecule has 9 heteroatoms. The number of nitrogens with one attached hydrogen (secondary N) is 1. The molecule has 30 heavy (non-hydrogen) atoms. The lowest BCUT2D eigenvalue weighted by Gasteiger charge is -2.29. The molecule has 1 saturated heterocycles. The van der Waals surface area contributed by atoms with Crippen LogP contribution in [0.3, 0.4) is 0 Å². The Balaban J connectivity index is 1.59. The molecule has 1 fully saturated rings. The van der Waals surface area contributed by atoms with Crippen molar-refractivity contribution in [1.29, 1.82) is 5.26 Å². The quantitative estimate of drug-likeness (QED) is 0.790. The molecule has 2 aromatic rings. The van der Waals surface area contributed by atoms with E-state index in [1.54, 1.807) is 11.0 Å². The van der Waals surface area contributed by atoms with E-state index in [0.717, 1.165) is 36.3 Å². The van der Waals surface area contributed by atoms with Gasteiger partial charge in [0.15, 0.2) is 0 Å². The number of allylic oxidation sites excluding steroid dienone is 1. The number of hydrogen-bond acceptors (Lipinski definition) is 8. The molecule has 3 atom stereocenters. The number of hydrogen-bond donors (Lipinski definition) is 2. The summed E-state index contributed by atoms with van der Waals surface area (Å²) in [5, 5.41) is 16.0. The first-order valence-corrected chi connectivity index (χ1v) is 10.1. The lowest BCUT2D eigenvalue weighted by Crippen LogP contribution is -2.44. The number of benzene rings is 1. The molecular weight excluding hydrogens is 382 g/mol. The van der Waals surface area contributed by atoms with Crippen LogP contribution in [-0.4, -0.2) is 45.1 Å². The standard InChI is InChI=1S/C21H23N7O2/c1-2-27-21-18(19(26-27)16-4-3-9-29-16)17(15(10-22)20(23)30-21)13-5-7-14(8-6-13)28-12-24-11-25-28/h5-8,11-12,16-17,19,26H,2-4,9,23H2,1H3. The van der Waals surface area contributed by atoms with Crippen LogP contribution >= 0.6 is 0 Å². The third-order valence-corrected chi connectivity index (χ3v) is 5.88. The molecular formula is C21H23N7O2. The van der Waals surface area contributed by atoms with Gasteiger partial charge in [0.2, 0.25) is 11.8 Å². The van der Waals surface area contributed by atoms with E-state index in [2.05, 4.69) is 21.6 Å². The fourth-order valence-electron chi connectivity index (χ4n) is 4.47. The van der Waals surface area contributed by atoms with Crippen molar-refractivity contribution in [3.63, 3.8) is 0 Å². The van der Waals surface area contributed by atoms with Gasteiger partial charge in [0.1, 0.15) is 24.3 Å². The lowest BCUT2D eigenvalue weighted by molar-refractivity contribution is 0.0662. The van der Waals surface area contributed by atoms with Gasteiger partial charge in [-0.1, -0.05) is 12.1 Å². The van der Waals surface area contributed by atoms with Crippen LogP contribution in [0.2, 0.25) is 0 Å². The molecule has 1 aromatic heterocycles. The minimum absolute atomic E-state index is 0.0336. The summed E-state index contributed by atoms with van der Waals surface area (Å²) in [4.78, 5) is 3.99. The Morgan fingerprint density at radius 3 is 2.80 bits per heavy atom. The van der Waals surface area contributed by atoms with Crippen molar-refractivity contribution in [3.8, 4) is 11.8 Å². The first-order chi connectivity index (χ1) is 14.7. The number of ether oxygens (including phenoxy) is 2. The average molecular weight is 405 g/mol. The smallest absolute Gasteiger partial charge is 0.214 e. The van der Waals surface area contributed by atoms with E-state index in [9.17, 15) is 5.26 Å². The van der Waals surface area contributed by atoms with E-state index < -0.39 is 0 Å². The second kappa shape index (κ2) is 7.48. The van der Waals surface area contributed by atoms with Gasteiger partial charge in [0.25, 0.3) is 0 Å². The van der Waals surface area contributed by atoms with Crippen molar-refractivity contribution >= 4 is 0 Å². The van der Waals surface area contributed by atoms with Crippen molar-refractivity contribution in [3.05, 3.63) is 65.4 Å². The highest BCUT2D eigenvalue weighted by molar-refractivity contribution is 5.52. The first kappa shape index (κ1) is 18.7. The molecule has 3 aliphatic heterocycles. The lowest BCUT2D eigenvalue weighted by atomic mass is 9.79. The summed E-state index contributed by atoms with van der Waals surface area (Å²) in [7, 11) is 0. The third kappa shape index (κ3) is 2.93.